The van der Waals surface area contributed by atoms with Crippen LogP contribution in [-0.2, 0) is 27.3 Å². The number of aryl methyl sites for hydroxylation is 2. The second-order valence-corrected chi connectivity index (χ2v) is 6.00. The van der Waals surface area contributed by atoms with Crippen LogP contribution in [0.15, 0.2) is 15.3 Å². The van der Waals surface area contributed by atoms with E-state index in [0.29, 0.717) is 29.2 Å². The maximum Gasteiger partial charge on any atom is 0.341 e. The Balaban J connectivity index is 1.99. The Bertz CT molecular complexity index is 977. The van der Waals surface area contributed by atoms with Crippen LogP contribution in [0.5, 0.6) is 0 Å². The molecular weight excluding hydrogens is 352 g/mol. The van der Waals surface area contributed by atoms with Gasteiger partial charge < -0.3 is 18.9 Å². The predicted molar refractivity (Wildman–Crippen MR) is 94.2 cm³/mol. The second-order valence-electron chi connectivity index (χ2n) is 6.00. The first-order valence-electron chi connectivity index (χ1n) is 8.24. The van der Waals surface area contributed by atoms with E-state index in [4.69, 9.17) is 14.4 Å². The van der Waals surface area contributed by atoms with Gasteiger partial charge in [-0.3, -0.25) is 9.59 Å². The number of nitrogens with one attached hydrogen (secondary N) is 1. The lowest BCUT2D eigenvalue weighted by Crippen LogP contribution is -2.17. The molecule has 0 spiro atoms. The molecule has 8 nitrogen and oxygen atoms in total. The highest BCUT2D eigenvalue weighted by atomic mass is 16.5. The van der Waals surface area contributed by atoms with Crippen LogP contribution < -0.4 is 5.56 Å². The summed E-state index contributed by atoms with van der Waals surface area (Å²) in [6.45, 7) is 4.91. The van der Waals surface area contributed by atoms with Crippen LogP contribution in [0, 0.1) is 32.1 Å². The Kier molecular flexibility index (Phi) is 6.19. The first-order valence-corrected chi connectivity index (χ1v) is 8.24. The smallest absolute Gasteiger partial charge is 0.341 e. The number of hydrogen-bond donors (Lipinski definition) is 1. The number of nitrogens with zero attached hydrogens (tertiary/aromatic N) is 1. The van der Waals surface area contributed by atoms with Gasteiger partial charge in [-0.2, -0.15) is 5.26 Å². The number of pyridine rings is 1. The van der Waals surface area contributed by atoms with Crippen LogP contribution >= 0.6 is 0 Å². The number of esters is 2. The summed E-state index contributed by atoms with van der Waals surface area (Å²) in [5.41, 5.74) is 1.82. The summed E-state index contributed by atoms with van der Waals surface area (Å²) in [4.78, 5) is 37.9. The van der Waals surface area contributed by atoms with Gasteiger partial charge >= 0.3 is 11.9 Å². The highest BCUT2D eigenvalue weighted by Crippen LogP contribution is 2.18. The Hall–Kier alpha value is -3.34. The molecule has 0 aliphatic rings. The summed E-state index contributed by atoms with van der Waals surface area (Å²) >= 11 is 0. The molecule has 0 fully saturated rings. The quantitative estimate of drug-likeness (QED) is 0.771. The van der Waals surface area contributed by atoms with Crippen molar-refractivity contribution in [2.45, 2.75) is 40.2 Å². The number of carbonyl (C=O) groups excluding carboxylic acids is 2. The van der Waals surface area contributed by atoms with E-state index in [2.05, 4.69) is 9.72 Å². The van der Waals surface area contributed by atoms with Gasteiger partial charge in [0.1, 0.15) is 35.3 Å². The Labute approximate surface area is 155 Å². The first kappa shape index (κ1) is 20.0. The van der Waals surface area contributed by atoms with Crippen molar-refractivity contribution in [1.29, 1.82) is 5.26 Å². The molecule has 0 atom stereocenters. The van der Waals surface area contributed by atoms with Crippen molar-refractivity contribution in [3.8, 4) is 6.07 Å². The van der Waals surface area contributed by atoms with Crippen molar-refractivity contribution in [2.24, 2.45) is 0 Å². The van der Waals surface area contributed by atoms with Crippen molar-refractivity contribution in [2.75, 3.05) is 7.11 Å². The zero-order valence-electron chi connectivity index (χ0n) is 15.6. The minimum atomic E-state index is -0.522. The van der Waals surface area contributed by atoms with E-state index in [1.165, 1.54) is 13.2 Å². The molecule has 0 radical (unpaired) electrons. The summed E-state index contributed by atoms with van der Waals surface area (Å²) < 4.78 is 15.2. The Morgan fingerprint density at radius 2 is 2.00 bits per heavy atom. The normalized spacial score (nSPS) is 10.3. The van der Waals surface area contributed by atoms with Gasteiger partial charge in [-0.15, -0.1) is 0 Å². The van der Waals surface area contributed by atoms with Gasteiger partial charge in [0, 0.05) is 12.1 Å². The van der Waals surface area contributed by atoms with Gasteiger partial charge in [-0.25, -0.2) is 4.79 Å². The summed E-state index contributed by atoms with van der Waals surface area (Å²) in [5, 5.41) is 9.08. The van der Waals surface area contributed by atoms with E-state index in [0.717, 1.165) is 5.56 Å². The molecule has 0 aliphatic heterocycles. The third-order valence-corrected chi connectivity index (χ3v) is 4.25. The monoisotopic (exact) mass is 372 g/mol. The summed E-state index contributed by atoms with van der Waals surface area (Å²) in [5.74, 6) is -0.265. The van der Waals surface area contributed by atoms with Crippen molar-refractivity contribution in [1.82, 2.24) is 4.98 Å². The summed E-state index contributed by atoms with van der Waals surface area (Å²) in [6.07, 6.45) is 0.398. The fourth-order valence-electron chi connectivity index (χ4n) is 2.80. The fourth-order valence-corrected chi connectivity index (χ4v) is 2.80. The van der Waals surface area contributed by atoms with Crippen molar-refractivity contribution in [3.63, 3.8) is 0 Å². The van der Waals surface area contributed by atoms with Crippen molar-refractivity contribution >= 4 is 11.9 Å². The van der Waals surface area contributed by atoms with Gasteiger partial charge in [-0.05, 0) is 44.4 Å². The van der Waals surface area contributed by atoms with Crippen LogP contribution in [0.25, 0.3) is 0 Å². The van der Waals surface area contributed by atoms with E-state index < -0.39 is 17.5 Å². The van der Waals surface area contributed by atoms with Crippen LogP contribution in [0.1, 0.15) is 50.7 Å². The number of rotatable bonds is 6. The number of methoxy groups -OCH3 is 1. The SMILES string of the molecule is COC(=O)c1cc(COC(=O)CCc2c(C)[nH]c(=O)c(C#N)c2C)oc1C. The largest absolute Gasteiger partial charge is 0.465 e. The molecule has 8 heteroatoms. The molecule has 1 N–H and O–H groups in total. The highest BCUT2D eigenvalue weighted by molar-refractivity contribution is 5.90. The Morgan fingerprint density at radius 1 is 1.30 bits per heavy atom. The fraction of sp³-hybridized carbons (Fsp3) is 0.368. The average molecular weight is 372 g/mol. The van der Waals surface area contributed by atoms with Crippen molar-refractivity contribution < 1.29 is 23.5 Å². The second kappa shape index (κ2) is 8.36. The highest BCUT2D eigenvalue weighted by Gasteiger charge is 2.17. The zero-order chi connectivity index (χ0) is 20.1. The van der Waals surface area contributed by atoms with Crippen LogP contribution in [0.2, 0.25) is 0 Å². The van der Waals surface area contributed by atoms with Crippen molar-refractivity contribution in [3.05, 3.63) is 55.9 Å². The molecule has 0 unspecified atom stereocenters. The predicted octanol–water partition coefficient (Wildman–Crippen LogP) is 2.23. The zero-order valence-corrected chi connectivity index (χ0v) is 15.6. The molecular formula is C19H20N2O6. The minimum Gasteiger partial charge on any atom is -0.465 e. The lowest BCUT2D eigenvalue weighted by atomic mass is 9.99. The molecule has 0 amide bonds. The van der Waals surface area contributed by atoms with Crippen LogP contribution in [0.3, 0.4) is 0 Å². The number of aromatic amines is 1. The van der Waals surface area contributed by atoms with E-state index in [1.807, 2.05) is 6.07 Å². The van der Waals surface area contributed by atoms with Gasteiger partial charge in [-0.1, -0.05) is 0 Å². The molecule has 2 aromatic rings. The van der Waals surface area contributed by atoms with E-state index >= 15 is 0 Å². The molecule has 0 aliphatic carbocycles. The maximum atomic E-state index is 12.0. The average Bonchev–Trinajstić information content (AvgIpc) is 3.00. The molecule has 0 saturated carbocycles. The first-order chi connectivity index (χ1) is 12.8. The van der Waals surface area contributed by atoms with Crippen LogP contribution in [-0.4, -0.2) is 24.0 Å². The number of furan rings is 1. The maximum absolute atomic E-state index is 12.0. The summed E-state index contributed by atoms with van der Waals surface area (Å²) in [6, 6.07) is 3.35. The topological polar surface area (TPSA) is 122 Å². The standard InChI is InChI=1S/C19H20N2O6/c1-10-14(11(2)21-18(23)16(10)8-20)5-6-17(22)26-9-13-7-15(12(3)27-13)19(24)25-4/h7H,5-6,9H2,1-4H3,(H,21,23). The number of hydrogen-bond acceptors (Lipinski definition) is 7. The van der Waals surface area contributed by atoms with Gasteiger partial charge in [0.25, 0.3) is 5.56 Å². The summed E-state index contributed by atoms with van der Waals surface area (Å²) in [7, 11) is 1.27. The molecule has 0 saturated heterocycles. The number of aromatic nitrogens is 1. The van der Waals surface area contributed by atoms with E-state index in [9.17, 15) is 14.4 Å². The lowest BCUT2D eigenvalue weighted by molar-refractivity contribution is -0.145. The number of carbonyl (C=O) groups is 2. The van der Waals surface area contributed by atoms with E-state index in [-0.39, 0.29) is 24.2 Å². The molecule has 2 aromatic heterocycles. The third-order valence-electron chi connectivity index (χ3n) is 4.25. The third kappa shape index (κ3) is 4.44. The molecule has 0 aromatic carbocycles. The molecule has 142 valence electrons. The number of ether oxygens (including phenoxy) is 2. The van der Waals surface area contributed by atoms with E-state index in [1.54, 1.807) is 20.8 Å². The van der Waals surface area contributed by atoms with Gasteiger partial charge in [0.15, 0.2) is 0 Å². The molecule has 2 rings (SSSR count). The number of H-pyrrole nitrogens is 1. The minimum absolute atomic E-state index is 0.0466. The van der Waals surface area contributed by atoms with Crippen LogP contribution in [0.4, 0.5) is 0 Å². The Morgan fingerprint density at radius 3 is 2.63 bits per heavy atom. The number of nitriles is 1. The van der Waals surface area contributed by atoms with Gasteiger partial charge in [0.05, 0.1) is 7.11 Å². The lowest BCUT2D eigenvalue weighted by Gasteiger charge is -2.10. The molecule has 2 heterocycles. The molecule has 0 bridgehead atoms. The van der Waals surface area contributed by atoms with Gasteiger partial charge in [0.2, 0.25) is 0 Å². The molecule has 27 heavy (non-hydrogen) atoms.